The van der Waals surface area contributed by atoms with Crippen LogP contribution < -0.4 is 10.2 Å². The fourth-order valence-electron chi connectivity index (χ4n) is 3.02. The highest BCUT2D eigenvalue weighted by molar-refractivity contribution is 5.77. The summed E-state index contributed by atoms with van der Waals surface area (Å²) < 4.78 is 44.6. The largest absolute Gasteiger partial charge is 0.442 e. The predicted octanol–water partition coefficient (Wildman–Crippen LogP) is 4.17. The topological polar surface area (TPSA) is 64.9 Å². The van der Waals surface area contributed by atoms with Gasteiger partial charge in [0.1, 0.15) is 18.5 Å². The van der Waals surface area contributed by atoms with Crippen LogP contribution in [0.4, 0.5) is 23.7 Å². The molecule has 0 spiro atoms. The minimum absolute atomic E-state index is 0.0983. The maximum atomic E-state index is 12.9. The van der Waals surface area contributed by atoms with Gasteiger partial charge in [-0.3, -0.25) is 4.90 Å². The summed E-state index contributed by atoms with van der Waals surface area (Å²) in [6.45, 7) is 2.59. The van der Waals surface area contributed by atoms with Crippen molar-refractivity contribution < 1.29 is 22.4 Å². The van der Waals surface area contributed by atoms with E-state index in [0.717, 1.165) is 12.1 Å². The van der Waals surface area contributed by atoms with E-state index < -0.39 is 17.8 Å². The lowest BCUT2D eigenvalue weighted by Gasteiger charge is -2.23. The number of aromatic nitrogens is 1. The van der Waals surface area contributed by atoms with Gasteiger partial charge in [-0.15, -0.1) is 0 Å². The van der Waals surface area contributed by atoms with Crippen LogP contribution in [0.25, 0.3) is 0 Å². The maximum absolute atomic E-state index is 12.9. The Balaban J connectivity index is 1.63. The van der Waals surface area contributed by atoms with Crippen molar-refractivity contribution in [2.75, 3.05) is 25.7 Å². The molecular weight excluding hydrogens is 399 g/mol. The molecule has 1 aliphatic rings. The number of hydrogen-bond donors (Lipinski definition) is 1. The number of oxazole rings is 1. The number of nitrogens with zero attached hydrogens (tertiary/aromatic N) is 4. The zero-order valence-electron chi connectivity index (χ0n) is 17.0. The van der Waals surface area contributed by atoms with E-state index in [1.165, 1.54) is 17.2 Å². The standard InChI is InChI=1S/C20H24F3N5O2/c1-4-17(18-24-11-16(30-18)12-26(2)3)25-19(29)28-9-8-27(13-28)15-7-5-6-14(10-15)20(21,22)23/h5-11,17H,4,12-13H2,1-3H3,(H,25,29)/t17-/m0/s1. The Morgan fingerprint density at radius 3 is 2.77 bits per heavy atom. The average Bonchev–Trinajstić information content (AvgIpc) is 3.35. The Morgan fingerprint density at radius 2 is 2.10 bits per heavy atom. The van der Waals surface area contributed by atoms with E-state index in [1.807, 2.05) is 25.9 Å². The van der Waals surface area contributed by atoms with Crippen molar-refractivity contribution in [1.82, 2.24) is 20.1 Å². The van der Waals surface area contributed by atoms with Crippen LogP contribution in [0.5, 0.6) is 0 Å². The quantitative estimate of drug-likeness (QED) is 0.756. The van der Waals surface area contributed by atoms with Crippen LogP contribution >= 0.6 is 0 Å². The minimum atomic E-state index is -4.42. The number of carbonyl (C=O) groups is 1. The van der Waals surface area contributed by atoms with Gasteiger partial charge < -0.3 is 19.5 Å². The number of rotatable bonds is 6. The van der Waals surface area contributed by atoms with Gasteiger partial charge in [0, 0.05) is 18.1 Å². The zero-order chi connectivity index (χ0) is 21.9. The first-order chi connectivity index (χ1) is 14.2. The maximum Gasteiger partial charge on any atom is 0.416 e. The molecule has 0 bridgehead atoms. The molecule has 2 aromatic rings. The van der Waals surface area contributed by atoms with Crippen molar-refractivity contribution in [2.24, 2.45) is 0 Å². The third-order valence-electron chi connectivity index (χ3n) is 4.54. The van der Waals surface area contributed by atoms with Crippen LogP contribution in [-0.4, -0.2) is 41.6 Å². The lowest BCUT2D eigenvalue weighted by molar-refractivity contribution is -0.137. The number of benzene rings is 1. The van der Waals surface area contributed by atoms with Crippen LogP contribution in [0.3, 0.4) is 0 Å². The van der Waals surface area contributed by atoms with Gasteiger partial charge in [-0.1, -0.05) is 13.0 Å². The van der Waals surface area contributed by atoms with E-state index in [-0.39, 0.29) is 12.7 Å². The van der Waals surface area contributed by atoms with Gasteiger partial charge in [-0.2, -0.15) is 13.2 Å². The lowest BCUT2D eigenvalue weighted by Crippen LogP contribution is -2.40. The van der Waals surface area contributed by atoms with Crippen LogP contribution in [0.2, 0.25) is 0 Å². The Bertz CT molecular complexity index is 910. The highest BCUT2D eigenvalue weighted by Crippen LogP contribution is 2.32. The van der Waals surface area contributed by atoms with Gasteiger partial charge in [-0.05, 0) is 38.7 Å². The van der Waals surface area contributed by atoms with Gasteiger partial charge in [-0.25, -0.2) is 9.78 Å². The fourth-order valence-corrected chi connectivity index (χ4v) is 3.02. The second-order valence-electron chi connectivity index (χ2n) is 7.24. The summed E-state index contributed by atoms with van der Waals surface area (Å²) in [5, 5.41) is 2.86. The van der Waals surface area contributed by atoms with E-state index in [0.29, 0.717) is 30.3 Å². The summed E-state index contributed by atoms with van der Waals surface area (Å²) in [6, 6.07) is 4.18. The summed E-state index contributed by atoms with van der Waals surface area (Å²) in [4.78, 5) is 21.8. The molecule has 7 nitrogen and oxygen atoms in total. The lowest BCUT2D eigenvalue weighted by atomic mass is 10.2. The molecule has 0 saturated carbocycles. The molecule has 0 fully saturated rings. The number of carbonyl (C=O) groups excluding carboxylic acids is 1. The van der Waals surface area contributed by atoms with Crippen LogP contribution in [0.15, 0.2) is 47.3 Å². The first kappa shape index (κ1) is 21.7. The molecule has 0 unspecified atom stereocenters. The molecule has 1 N–H and O–H groups in total. The van der Waals surface area contributed by atoms with Crippen molar-refractivity contribution in [3.63, 3.8) is 0 Å². The molecule has 0 saturated heterocycles. The molecule has 30 heavy (non-hydrogen) atoms. The van der Waals surface area contributed by atoms with E-state index in [2.05, 4.69) is 10.3 Å². The number of amides is 2. The van der Waals surface area contributed by atoms with Crippen LogP contribution in [0.1, 0.15) is 36.6 Å². The van der Waals surface area contributed by atoms with Crippen molar-refractivity contribution >= 4 is 11.7 Å². The molecule has 1 aromatic carbocycles. The number of urea groups is 1. The SMILES string of the molecule is CC[C@H](NC(=O)N1C=CN(c2cccc(C(F)(F)F)c2)C1)c1ncc(CN(C)C)o1. The Morgan fingerprint density at radius 1 is 1.33 bits per heavy atom. The number of nitrogens with one attached hydrogen (secondary N) is 1. The van der Waals surface area contributed by atoms with Crippen LogP contribution in [-0.2, 0) is 12.7 Å². The summed E-state index contributed by atoms with van der Waals surface area (Å²) in [5.41, 5.74) is -0.385. The number of halogens is 3. The molecule has 2 heterocycles. The van der Waals surface area contributed by atoms with Crippen molar-refractivity contribution in [3.8, 4) is 0 Å². The minimum Gasteiger partial charge on any atom is -0.442 e. The average molecular weight is 423 g/mol. The van der Waals surface area contributed by atoms with E-state index in [9.17, 15) is 18.0 Å². The van der Waals surface area contributed by atoms with Gasteiger partial charge in [0.05, 0.1) is 18.3 Å². The fraction of sp³-hybridized carbons (Fsp3) is 0.400. The molecule has 0 aliphatic carbocycles. The van der Waals surface area contributed by atoms with Crippen molar-refractivity contribution in [1.29, 1.82) is 0 Å². The molecule has 2 amide bonds. The predicted molar refractivity (Wildman–Crippen MR) is 105 cm³/mol. The molecule has 10 heteroatoms. The third kappa shape index (κ3) is 5.12. The van der Waals surface area contributed by atoms with Gasteiger partial charge in [0.15, 0.2) is 0 Å². The third-order valence-corrected chi connectivity index (χ3v) is 4.54. The Kier molecular flexibility index (Phi) is 6.35. The summed E-state index contributed by atoms with van der Waals surface area (Å²) in [6.07, 6.45) is 0.871. The molecule has 1 aliphatic heterocycles. The monoisotopic (exact) mass is 423 g/mol. The Hall–Kier alpha value is -3.01. The zero-order valence-corrected chi connectivity index (χ0v) is 17.0. The second kappa shape index (κ2) is 8.78. The van der Waals surface area contributed by atoms with Crippen molar-refractivity contribution in [3.05, 3.63) is 60.1 Å². The van der Waals surface area contributed by atoms with E-state index in [1.54, 1.807) is 23.4 Å². The smallest absolute Gasteiger partial charge is 0.416 e. The van der Waals surface area contributed by atoms with Crippen molar-refractivity contribution in [2.45, 2.75) is 32.1 Å². The first-order valence-corrected chi connectivity index (χ1v) is 9.46. The summed E-state index contributed by atoms with van der Waals surface area (Å²) >= 11 is 0. The number of hydrogen-bond acceptors (Lipinski definition) is 5. The highest BCUT2D eigenvalue weighted by Gasteiger charge is 2.31. The van der Waals surface area contributed by atoms with Gasteiger partial charge in [0.25, 0.3) is 0 Å². The molecular formula is C20H24F3N5O2. The molecule has 162 valence electrons. The molecule has 0 radical (unpaired) electrons. The second-order valence-corrected chi connectivity index (χ2v) is 7.24. The van der Waals surface area contributed by atoms with Gasteiger partial charge >= 0.3 is 12.2 Å². The van der Waals surface area contributed by atoms with E-state index >= 15 is 0 Å². The van der Waals surface area contributed by atoms with Gasteiger partial charge in [0.2, 0.25) is 5.89 Å². The highest BCUT2D eigenvalue weighted by atomic mass is 19.4. The molecule has 1 atom stereocenters. The summed E-state index contributed by atoms with van der Waals surface area (Å²) in [7, 11) is 3.83. The Labute approximate surface area is 172 Å². The molecule has 3 rings (SSSR count). The first-order valence-electron chi connectivity index (χ1n) is 9.46. The van der Waals surface area contributed by atoms with Crippen LogP contribution in [0, 0.1) is 0 Å². The number of anilines is 1. The normalized spacial score (nSPS) is 15.2. The van der Waals surface area contributed by atoms with E-state index in [4.69, 9.17) is 4.42 Å². The molecule has 1 aromatic heterocycles. The number of alkyl halides is 3. The summed E-state index contributed by atoms with van der Waals surface area (Å²) in [5.74, 6) is 1.11.